The normalized spacial score (nSPS) is 17.8. The van der Waals surface area contributed by atoms with Crippen LogP contribution in [0, 0.1) is 0 Å². The molecule has 0 amide bonds. The highest BCUT2D eigenvalue weighted by Gasteiger charge is 2.23. The SMILES string of the molecule is COC1=Cc2ccccc2C(O)c2ccsc21. The van der Waals surface area contributed by atoms with Crippen LogP contribution in [0.4, 0.5) is 0 Å². The Balaban J connectivity index is 2.29. The molecular formula is C14H12O2S. The second kappa shape index (κ2) is 4.02. The highest BCUT2D eigenvalue weighted by Crippen LogP contribution is 2.39. The van der Waals surface area contributed by atoms with Crippen molar-refractivity contribution in [3.8, 4) is 0 Å². The lowest BCUT2D eigenvalue weighted by Gasteiger charge is -2.11. The van der Waals surface area contributed by atoms with Crippen molar-refractivity contribution in [1.82, 2.24) is 0 Å². The average Bonchev–Trinajstić information content (AvgIpc) is 2.81. The van der Waals surface area contributed by atoms with E-state index in [1.165, 1.54) is 0 Å². The van der Waals surface area contributed by atoms with Crippen molar-refractivity contribution in [3.63, 3.8) is 0 Å². The van der Waals surface area contributed by atoms with E-state index in [1.807, 2.05) is 41.8 Å². The van der Waals surface area contributed by atoms with E-state index in [1.54, 1.807) is 18.4 Å². The number of aliphatic hydroxyl groups excluding tert-OH is 1. The molecule has 0 fully saturated rings. The van der Waals surface area contributed by atoms with Gasteiger partial charge in [0.05, 0.1) is 12.0 Å². The van der Waals surface area contributed by atoms with Crippen LogP contribution in [0.5, 0.6) is 0 Å². The molecule has 2 aromatic rings. The molecule has 0 aliphatic heterocycles. The standard InChI is InChI=1S/C14H12O2S/c1-16-12-8-9-4-2-3-5-10(9)13(15)11-6-7-17-14(11)12/h2-8,13,15H,1H3. The molecule has 1 heterocycles. The number of thiophene rings is 1. The van der Waals surface area contributed by atoms with Gasteiger partial charge in [0.25, 0.3) is 0 Å². The third-order valence-electron chi connectivity index (χ3n) is 3.01. The van der Waals surface area contributed by atoms with Crippen LogP contribution in [-0.2, 0) is 4.74 Å². The van der Waals surface area contributed by atoms with Gasteiger partial charge in [-0.1, -0.05) is 24.3 Å². The molecule has 1 aliphatic carbocycles. The van der Waals surface area contributed by atoms with Gasteiger partial charge in [-0.25, -0.2) is 0 Å². The Hall–Kier alpha value is -1.58. The fraction of sp³-hybridized carbons (Fsp3) is 0.143. The molecule has 0 spiro atoms. The quantitative estimate of drug-likeness (QED) is 0.834. The van der Waals surface area contributed by atoms with Crippen molar-refractivity contribution in [1.29, 1.82) is 0 Å². The predicted molar refractivity (Wildman–Crippen MR) is 69.7 cm³/mol. The molecule has 2 nitrogen and oxygen atoms in total. The summed E-state index contributed by atoms with van der Waals surface area (Å²) in [5, 5.41) is 12.4. The highest BCUT2D eigenvalue weighted by atomic mass is 32.1. The fourth-order valence-corrected chi connectivity index (χ4v) is 3.08. The molecule has 3 rings (SSSR count). The van der Waals surface area contributed by atoms with Gasteiger partial charge in [0.2, 0.25) is 0 Å². The number of benzene rings is 1. The Morgan fingerprint density at radius 2 is 2.00 bits per heavy atom. The Morgan fingerprint density at radius 1 is 1.18 bits per heavy atom. The van der Waals surface area contributed by atoms with E-state index in [0.717, 1.165) is 27.3 Å². The second-order valence-corrected chi connectivity index (χ2v) is 4.87. The minimum Gasteiger partial charge on any atom is -0.495 e. The molecule has 0 bridgehead atoms. The maximum absolute atomic E-state index is 10.4. The number of aliphatic hydroxyl groups is 1. The van der Waals surface area contributed by atoms with Gasteiger partial charge in [0.15, 0.2) is 0 Å². The zero-order chi connectivity index (χ0) is 11.8. The Labute approximate surface area is 104 Å². The van der Waals surface area contributed by atoms with E-state index in [0.29, 0.717) is 0 Å². The second-order valence-electron chi connectivity index (χ2n) is 3.95. The lowest BCUT2D eigenvalue weighted by Crippen LogP contribution is -2.00. The van der Waals surface area contributed by atoms with Gasteiger partial charge in [-0.3, -0.25) is 0 Å². The minimum absolute atomic E-state index is 0.573. The molecular weight excluding hydrogens is 232 g/mol. The van der Waals surface area contributed by atoms with Crippen LogP contribution in [0.15, 0.2) is 35.7 Å². The topological polar surface area (TPSA) is 29.5 Å². The third kappa shape index (κ3) is 1.59. The zero-order valence-corrected chi connectivity index (χ0v) is 10.2. The van der Waals surface area contributed by atoms with Gasteiger partial charge in [0.1, 0.15) is 11.9 Å². The van der Waals surface area contributed by atoms with E-state index < -0.39 is 6.10 Å². The lowest BCUT2D eigenvalue weighted by molar-refractivity contribution is 0.220. The van der Waals surface area contributed by atoms with Gasteiger partial charge in [0, 0.05) is 5.56 Å². The largest absolute Gasteiger partial charge is 0.495 e. The third-order valence-corrected chi connectivity index (χ3v) is 3.96. The first kappa shape index (κ1) is 10.6. The van der Waals surface area contributed by atoms with Crippen LogP contribution >= 0.6 is 11.3 Å². The van der Waals surface area contributed by atoms with Crippen molar-refractivity contribution in [2.75, 3.05) is 7.11 Å². The molecule has 1 aromatic heterocycles. The zero-order valence-electron chi connectivity index (χ0n) is 9.38. The summed E-state index contributed by atoms with van der Waals surface area (Å²) in [6.07, 6.45) is 1.41. The van der Waals surface area contributed by atoms with Crippen LogP contribution in [0.25, 0.3) is 11.8 Å². The number of methoxy groups -OCH3 is 1. The van der Waals surface area contributed by atoms with E-state index in [2.05, 4.69) is 0 Å². The van der Waals surface area contributed by atoms with Crippen LogP contribution in [-0.4, -0.2) is 12.2 Å². The summed E-state index contributed by atoms with van der Waals surface area (Å²) in [6, 6.07) is 9.82. The molecule has 1 aliphatic rings. The molecule has 0 radical (unpaired) electrons. The van der Waals surface area contributed by atoms with Gasteiger partial charge < -0.3 is 9.84 Å². The molecule has 17 heavy (non-hydrogen) atoms. The first-order valence-electron chi connectivity index (χ1n) is 5.41. The monoisotopic (exact) mass is 244 g/mol. The summed E-state index contributed by atoms with van der Waals surface area (Å²) in [5.41, 5.74) is 2.87. The lowest BCUT2D eigenvalue weighted by atomic mass is 10.00. The molecule has 1 N–H and O–H groups in total. The van der Waals surface area contributed by atoms with Crippen molar-refractivity contribution in [2.24, 2.45) is 0 Å². The summed E-state index contributed by atoms with van der Waals surface area (Å²) in [6.45, 7) is 0. The van der Waals surface area contributed by atoms with Crippen molar-refractivity contribution in [2.45, 2.75) is 6.10 Å². The molecule has 0 saturated heterocycles. The molecule has 1 atom stereocenters. The maximum Gasteiger partial charge on any atom is 0.137 e. The molecule has 86 valence electrons. The summed E-state index contributed by atoms with van der Waals surface area (Å²) < 4.78 is 5.42. The number of hydrogen-bond donors (Lipinski definition) is 1. The summed E-state index contributed by atoms with van der Waals surface area (Å²) in [7, 11) is 1.66. The van der Waals surface area contributed by atoms with Crippen molar-refractivity contribution >= 4 is 23.2 Å². The first-order chi connectivity index (χ1) is 8.31. The first-order valence-corrected chi connectivity index (χ1v) is 6.29. The summed E-state index contributed by atoms with van der Waals surface area (Å²) >= 11 is 1.59. The Morgan fingerprint density at radius 3 is 2.82 bits per heavy atom. The molecule has 3 heteroatoms. The number of ether oxygens (including phenoxy) is 1. The van der Waals surface area contributed by atoms with Gasteiger partial charge in [-0.05, 0) is 28.6 Å². The minimum atomic E-state index is -0.573. The summed E-state index contributed by atoms with van der Waals surface area (Å²) in [5.74, 6) is 0.819. The van der Waals surface area contributed by atoms with Crippen LogP contribution < -0.4 is 0 Å². The maximum atomic E-state index is 10.4. The van der Waals surface area contributed by atoms with Crippen LogP contribution in [0.2, 0.25) is 0 Å². The van der Waals surface area contributed by atoms with Gasteiger partial charge in [-0.15, -0.1) is 11.3 Å². The highest BCUT2D eigenvalue weighted by molar-refractivity contribution is 7.11. The Bertz CT molecular complexity index is 583. The fourth-order valence-electron chi connectivity index (χ4n) is 2.15. The van der Waals surface area contributed by atoms with Crippen molar-refractivity contribution < 1.29 is 9.84 Å². The van der Waals surface area contributed by atoms with E-state index in [4.69, 9.17) is 4.74 Å². The average molecular weight is 244 g/mol. The van der Waals surface area contributed by atoms with Gasteiger partial charge >= 0.3 is 0 Å². The van der Waals surface area contributed by atoms with Crippen LogP contribution in [0.3, 0.4) is 0 Å². The number of hydrogen-bond acceptors (Lipinski definition) is 3. The van der Waals surface area contributed by atoms with Crippen molar-refractivity contribution in [3.05, 3.63) is 57.3 Å². The number of rotatable bonds is 1. The molecule has 1 unspecified atom stereocenters. The van der Waals surface area contributed by atoms with E-state index >= 15 is 0 Å². The predicted octanol–water partition coefficient (Wildman–Crippen LogP) is 3.29. The van der Waals surface area contributed by atoms with E-state index in [-0.39, 0.29) is 0 Å². The summed E-state index contributed by atoms with van der Waals surface area (Å²) in [4.78, 5) is 1.01. The smallest absolute Gasteiger partial charge is 0.137 e. The Kier molecular flexibility index (Phi) is 2.50. The molecule has 0 saturated carbocycles. The van der Waals surface area contributed by atoms with E-state index in [9.17, 15) is 5.11 Å². The molecule has 1 aromatic carbocycles. The van der Waals surface area contributed by atoms with Crippen LogP contribution in [0.1, 0.15) is 27.7 Å². The van der Waals surface area contributed by atoms with Gasteiger partial charge in [-0.2, -0.15) is 0 Å². The number of fused-ring (bicyclic) bond motifs is 2.